The van der Waals surface area contributed by atoms with Gasteiger partial charge in [-0.1, -0.05) is 27.7 Å². The lowest BCUT2D eigenvalue weighted by Gasteiger charge is -2.47. The molecule has 0 aliphatic carbocycles. The van der Waals surface area contributed by atoms with Crippen molar-refractivity contribution in [3.05, 3.63) is 0 Å². The Morgan fingerprint density at radius 1 is 0.897 bits per heavy atom. The summed E-state index contributed by atoms with van der Waals surface area (Å²) < 4.78 is 43.6. The van der Waals surface area contributed by atoms with Crippen molar-refractivity contribution in [2.24, 2.45) is 23.7 Å². The highest BCUT2D eigenvalue weighted by atomic mass is 19.4. The van der Waals surface area contributed by atoms with E-state index in [0.717, 1.165) is 4.90 Å². The molecule has 0 radical (unpaired) electrons. The maximum atomic E-state index is 13.1. The lowest BCUT2D eigenvalue weighted by Crippen LogP contribution is -2.69. The highest BCUT2D eigenvalue weighted by Crippen LogP contribution is 2.37. The molecule has 0 saturated carbocycles. The standard InChI is InChI=1S/C25H37F3N4O7/c1-14(2)19(15(3)4)39-24(38)31-11-9-30(10-12-31)23(37)32-18(21(34)35)17(20(32)33)13-16-5-7-29(8-6-16)22(36)25(26,27)28/h14-19H,5-13H2,1-4H3,(H,34,35)/t17-,18+/m1/s1. The Morgan fingerprint density at radius 2 is 1.41 bits per heavy atom. The van der Waals surface area contributed by atoms with Crippen LogP contribution in [0.25, 0.3) is 0 Å². The molecule has 3 rings (SSSR count). The Morgan fingerprint density at radius 3 is 1.87 bits per heavy atom. The highest BCUT2D eigenvalue weighted by Gasteiger charge is 2.56. The molecule has 0 aromatic carbocycles. The molecular weight excluding hydrogens is 525 g/mol. The van der Waals surface area contributed by atoms with Crippen LogP contribution in [0.5, 0.6) is 0 Å². The van der Waals surface area contributed by atoms with E-state index in [1.807, 2.05) is 27.7 Å². The average Bonchev–Trinajstić information content (AvgIpc) is 2.87. The van der Waals surface area contributed by atoms with Gasteiger partial charge in [0, 0.05) is 39.3 Å². The van der Waals surface area contributed by atoms with Crippen LogP contribution in [-0.2, 0) is 19.1 Å². The number of β-lactam (4-membered cyclic amide) rings is 1. The molecule has 39 heavy (non-hydrogen) atoms. The van der Waals surface area contributed by atoms with E-state index < -0.39 is 48.0 Å². The van der Waals surface area contributed by atoms with Gasteiger partial charge in [-0.2, -0.15) is 13.2 Å². The number of piperidine rings is 1. The lowest BCUT2D eigenvalue weighted by atomic mass is 9.77. The molecule has 1 N–H and O–H groups in total. The molecule has 3 fully saturated rings. The molecule has 0 aromatic heterocycles. The summed E-state index contributed by atoms with van der Waals surface area (Å²) in [5.41, 5.74) is 0. The molecule has 3 aliphatic heterocycles. The lowest BCUT2D eigenvalue weighted by molar-refractivity contribution is -0.187. The van der Waals surface area contributed by atoms with Gasteiger partial charge in [-0.15, -0.1) is 0 Å². The molecule has 0 aromatic rings. The van der Waals surface area contributed by atoms with Crippen molar-refractivity contribution in [2.45, 2.75) is 65.3 Å². The molecule has 5 amide bonds. The maximum absolute atomic E-state index is 13.1. The monoisotopic (exact) mass is 562 g/mol. The quantitative estimate of drug-likeness (QED) is 0.493. The molecule has 220 valence electrons. The number of likely N-dealkylation sites (tertiary alicyclic amines) is 2. The van der Waals surface area contributed by atoms with Gasteiger partial charge in [-0.25, -0.2) is 19.3 Å². The van der Waals surface area contributed by atoms with Crippen molar-refractivity contribution in [2.75, 3.05) is 39.3 Å². The van der Waals surface area contributed by atoms with Crippen molar-refractivity contribution >= 4 is 29.9 Å². The number of rotatable bonds is 6. The van der Waals surface area contributed by atoms with E-state index in [-0.39, 0.29) is 82.4 Å². The van der Waals surface area contributed by atoms with Crippen LogP contribution in [-0.4, -0.2) is 112 Å². The minimum absolute atomic E-state index is 0.106. The molecule has 3 heterocycles. The van der Waals surface area contributed by atoms with Crippen LogP contribution < -0.4 is 0 Å². The number of carbonyl (C=O) groups excluding carboxylic acids is 4. The Kier molecular flexibility index (Phi) is 9.37. The van der Waals surface area contributed by atoms with E-state index >= 15 is 0 Å². The zero-order valence-electron chi connectivity index (χ0n) is 22.6. The number of amides is 5. The van der Waals surface area contributed by atoms with Crippen molar-refractivity contribution in [1.82, 2.24) is 19.6 Å². The van der Waals surface area contributed by atoms with Gasteiger partial charge in [-0.3, -0.25) is 9.59 Å². The zero-order valence-corrected chi connectivity index (χ0v) is 22.6. The topological polar surface area (TPSA) is 128 Å². The summed E-state index contributed by atoms with van der Waals surface area (Å²) in [6, 6.07) is -2.12. The van der Waals surface area contributed by atoms with Gasteiger partial charge in [-0.05, 0) is 37.0 Å². The van der Waals surface area contributed by atoms with Crippen LogP contribution in [0.3, 0.4) is 0 Å². The van der Waals surface area contributed by atoms with Gasteiger partial charge in [0.05, 0.1) is 5.92 Å². The molecule has 3 saturated heterocycles. The van der Waals surface area contributed by atoms with E-state index in [1.54, 1.807) is 0 Å². The number of carboxylic acids is 1. The van der Waals surface area contributed by atoms with Crippen LogP contribution in [0.4, 0.5) is 22.8 Å². The van der Waals surface area contributed by atoms with Crippen molar-refractivity contribution < 1.29 is 47.0 Å². The number of imide groups is 1. The van der Waals surface area contributed by atoms with E-state index in [9.17, 15) is 42.3 Å². The number of hydrogen-bond acceptors (Lipinski definition) is 6. The number of carboxylic acid groups (broad SMARTS) is 1. The Labute approximate surface area is 225 Å². The largest absolute Gasteiger partial charge is 0.480 e. The van der Waals surface area contributed by atoms with Gasteiger partial charge in [0.2, 0.25) is 5.91 Å². The van der Waals surface area contributed by atoms with Crippen LogP contribution in [0, 0.1) is 23.7 Å². The molecule has 3 aliphatic rings. The van der Waals surface area contributed by atoms with Crippen molar-refractivity contribution in [3.8, 4) is 0 Å². The summed E-state index contributed by atoms with van der Waals surface area (Å²) in [4.78, 5) is 66.2. The first-order valence-electron chi connectivity index (χ1n) is 13.3. The first-order chi connectivity index (χ1) is 18.1. The second kappa shape index (κ2) is 12.0. The number of aliphatic carboxylic acids is 1. The van der Waals surface area contributed by atoms with E-state index in [2.05, 4.69) is 0 Å². The summed E-state index contributed by atoms with van der Waals surface area (Å²) in [7, 11) is 0. The number of piperazine rings is 1. The van der Waals surface area contributed by atoms with Gasteiger partial charge < -0.3 is 24.5 Å². The van der Waals surface area contributed by atoms with Gasteiger partial charge in [0.1, 0.15) is 6.10 Å². The summed E-state index contributed by atoms with van der Waals surface area (Å²) in [6.45, 7) is 8.13. The fourth-order valence-corrected chi connectivity index (χ4v) is 5.65. The molecule has 0 bridgehead atoms. The normalized spacial score (nSPS) is 23.0. The minimum Gasteiger partial charge on any atom is -0.480 e. The molecule has 2 atom stereocenters. The number of carbonyl (C=O) groups is 5. The Hall–Kier alpha value is -3.06. The second-order valence-corrected chi connectivity index (χ2v) is 11.2. The van der Waals surface area contributed by atoms with Crippen molar-refractivity contribution in [3.63, 3.8) is 0 Å². The van der Waals surface area contributed by atoms with Gasteiger partial charge in [0.15, 0.2) is 6.04 Å². The molecule has 0 spiro atoms. The first kappa shape index (κ1) is 30.5. The predicted molar refractivity (Wildman–Crippen MR) is 130 cm³/mol. The number of urea groups is 1. The first-order valence-corrected chi connectivity index (χ1v) is 13.3. The third-order valence-electron chi connectivity index (χ3n) is 7.76. The third kappa shape index (κ3) is 6.75. The van der Waals surface area contributed by atoms with E-state index in [4.69, 9.17) is 4.74 Å². The summed E-state index contributed by atoms with van der Waals surface area (Å²) in [5, 5.41) is 9.75. The Bertz CT molecular complexity index is 950. The fourth-order valence-electron chi connectivity index (χ4n) is 5.65. The van der Waals surface area contributed by atoms with Crippen LogP contribution in [0.2, 0.25) is 0 Å². The second-order valence-electron chi connectivity index (χ2n) is 11.2. The zero-order chi connectivity index (χ0) is 29.2. The summed E-state index contributed by atoms with van der Waals surface area (Å²) >= 11 is 0. The number of halogens is 3. The fraction of sp³-hybridized carbons (Fsp3) is 0.800. The van der Waals surface area contributed by atoms with Gasteiger partial charge >= 0.3 is 30.2 Å². The highest BCUT2D eigenvalue weighted by molar-refractivity contribution is 6.07. The molecule has 0 unspecified atom stereocenters. The number of nitrogens with zero attached hydrogens (tertiary/aromatic N) is 4. The third-order valence-corrected chi connectivity index (χ3v) is 7.76. The number of ether oxygens (including phenoxy) is 1. The number of hydrogen-bond donors (Lipinski definition) is 1. The summed E-state index contributed by atoms with van der Waals surface area (Å²) in [5.74, 6) is -4.84. The van der Waals surface area contributed by atoms with Crippen LogP contribution >= 0.6 is 0 Å². The molecule has 14 heteroatoms. The van der Waals surface area contributed by atoms with Gasteiger partial charge in [0.25, 0.3) is 0 Å². The van der Waals surface area contributed by atoms with E-state index in [1.165, 1.54) is 9.80 Å². The van der Waals surface area contributed by atoms with Crippen molar-refractivity contribution in [1.29, 1.82) is 0 Å². The summed E-state index contributed by atoms with van der Waals surface area (Å²) in [6.07, 6.45) is -5.18. The predicted octanol–water partition coefficient (Wildman–Crippen LogP) is 2.64. The number of alkyl halides is 3. The average molecular weight is 563 g/mol. The smallest absolute Gasteiger partial charge is 0.471 e. The SMILES string of the molecule is CC(C)C(OC(=O)N1CCN(C(=O)N2C(=O)[C@H](CC3CCN(C(=O)C(F)(F)F)CC3)[C@H]2C(=O)O)CC1)C(C)C. The van der Waals surface area contributed by atoms with Crippen LogP contribution in [0.15, 0.2) is 0 Å². The molecular formula is C25H37F3N4O7. The minimum atomic E-state index is -4.96. The van der Waals surface area contributed by atoms with Crippen LogP contribution in [0.1, 0.15) is 47.0 Å². The Balaban J connectivity index is 1.53. The van der Waals surface area contributed by atoms with E-state index in [0.29, 0.717) is 4.90 Å². The maximum Gasteiger partial charge on any atom is 0.471 e. The molecule has 11 nitrogen and oxygen atoms in total.